The minimum absolute atomic E-state index is 0.0884. The molecule has 1 aromatic heterocycles. The summed E-state index contributed by atoms with van der Waals surface area (Å²) in [7, 11) is 1.78. The second-order valence-electron chi connectivity index (χ2n) is 7.56. The molecule has 1 saturated heterocycles. The minimum atomic E-state index is -0.611. The normalized spacial score (nSPS) is 14.3. The van der Waals surface area contributed by atoms with Crippen molar-refractivity contribution in [3.63, 3.8) is 0 Å². The molecule has 3 rings (SSSR count). The van der Waals surface area contributed by atoms with Crippen molar-refractivity contribution in [2.45, 2.75) is 33.7 Å². The third-order valence-electron chi connectivity index (χ3n) is 5.51. The molecule has 0 bridgehead atoms. The number of hydrogen-bond acceptors (Lipinski definition) is 3. The number of ether oxygens (including phenoxy) is 1. The SMILES string of the molecule is CCCN(C)C(=O)c1c(C)c(N2CCOCC2)c(C)n1Cc1ccc(F)cc1F. The molecule has 0 N–H and O–H groups in total. The maximum atomic E-state index is 14.4. The van der Waals surface area contributed by atoms with Gasteiger partial charge < -0.3 is 19.1 Å². The lowest BCUT2D eigenvalue weighted by Crippen LogP contribution is -2.36. The number of benzene rings is 1. The number of aromatic nitrogens is 1. The topological polar surface area (TPSA) is 37.7 Å². The van der Waals surface area contributed by atoms with Crippen LogP contribution in [0.5, 0.6) is 0 Å². The fourth-order valence-corrected chi connectivity index (χ4v) is 4.05. The smallest absolute Gasteiger partial charge is 0.270 e. The van der Waals surface area contributed by atoms with Gasteiger partial charge in [-0.05, 0) is 26.3 Å². The fraction of sp³-hybridized carbons (Fsp3) is 0.500. The van der Waals surface area contributed by atoms with Crippen molar-refractivity contribution in [1.29, 1.82) is 0 Å². The lowest BCUT2D eigenvalue weighted by atomic mass is 10.1. The molecule has 0 radical (unpaired) electrons. The summed E-state index contributed by atoms with van der Waals surface area (Å²) in [6, 6.07) is 3.57. The number of morpholine rings is 1. The Kier molecular flexibility index (Phi) is 6.57. The maximum Gasteiger partial charge on any atom is 0.270 e. The molecule has 1 aromatic carbocycles. The van der Waals surface area contributed by atoms with Gasteiger partial charge in [-0.2, -0.15) is 0 Å². The van der Waals surface area contributed by atoms with Crippen LogP contribution in [0, 0.1) is 25.5 Å². The molecule has 7 heteroatoms. The first-order valence-electron chi connectivity index (χ1n) is 10.1. The molecule has 0 unspecified atom stereocenters. The fourth-order valence-electron chi connectivity index (χ4n) is 4.05. The molecule has 0 saturated carbocycles. The molecule has 0 atom stereocenters. The Labute approximate surface area is 170 Å². The van der Waals surface area contributed by atoms with Crippen LogP contribution in [0.25, 0.3) is 0 Å². The monoisotopic (exact) mass is 405 g/mol. The summed E-state index contributed by atoms with van der Waals surface area (Å²) in [5.41, 5.74) is 3.71. The molecule has 1 aliphatic heterocycles. The van der Waals surface area contributed by atoms with E-state index in [0.717, 1.165) is 42.5 Å². The van der Waals surface area contributed by atoms with Crippen LogP contribution in [0.3, 0.4) is 0 Å². The van der Waals surface area contributed by atoms with Crippen LogP contribution in [0.2, 0.25) is 0 Å². The number of anilines is 1. The van der Waals surface area contributed by atoms with Gasteiger partial charge in [-0.3, -0.25) is 4.79 Å². The van der Waals surface area contributed by atoms with Crippen LogP contribution in [0.1, 0.15) is 40.7 Å². The Balaban J connectivity index is 2.09. The van der Waals surface area contributed by atoms with Crippen molar-refractivity contribution < 1.29 is 18.3 Å². The van der Waals surface area contributed by atoms with Crippen LogP contribution >= 0.6 is 0 Å². The molecule has 0 aliphatic carbocycles. The molecule has 29 heavy (non-hydrogen) atoms. The molecule has 1 amide bonds. The Hall–Kier alpha value is -2.41. The van der Waals surface area contributed by atoms with Crippen LogP contribution in [-0.4, -0.2) is 55.3 Å². The third-order valence-corrected chi connectivity index (χ3v) is 5.51. The number of hydrogen-bond donors (Lipinski definition) is 0. The van der Waals surface area contributed by atoms with Gasteiger partial charge >= 0.3 is 0 Å². The van der Waals surface area contributed by atoms with Crippen LogP contribution < -0.4 is 4.90 Å². The zero-order valence-electron chi connectivity index (χ0n) is 17.6. The maximum absolute atomic E-state index is 14.4. The third kappa shape index (κ3) is 4.29. The van der Waals surface area contributed by atoms with E-state index in [2.05, 4.69) is 4.90 Å². The highest BCUT2D eigenvalue weighted by Gasteiger charge is 2.28. The van der Waals surface area contributed by atoms with Gasteiger partial charge in [-0.25, -0.2) is 8.78 Å². The van der Waals surface area contributed by atoms with Gasteiger partial charge in [0, 0.05) is 49.6 Å². The zero-order chi connectivity index (χ0) is 21.1. The number of carbonyl (C=O) groups is 1. The highest BCUT2D eigenvalue weighted by molar-refractivity contribution is 5.96. The summed E-state index contributed by atoms with van der Waals surface area (Å²) in [6.07, 6.45) is 0.851. The average Bonchev–Trinajstić information content (AvgIpc) is 2.94. The van der Waals surface area contributed by atoms with E-state index in [0.29, 0.717) is 31.0 Å². The summed E-state index contributed by atoms with van der Waals surface area (Å²) in [5, 5.41) is 0. The van der Waals surface area contributed by atoms with Crippen molar-refractivity contribution in [1.82, 2.24) is 9.47 Å². The molecule has 1 fully saturated rings. The number of halogens is 2. The van der Waals surface area contributed by atoms with E-state index in [1.807, 2.05) is 25.3 Å². The Morgan fingerprint density at radius 3 is 2.52 bits per heavy atom. The standard InChI is InChI=1S/C22H29F2N3O2/c1-5-8-25(4)22(28)21-15(2)20(26-9-11-29-12-10-26)16(3)27(21)14-17-6-7-18(23)13-19(17)24/h6-7,13H,5,8-12,14H2,1-4H3. The van der Waals surface area contributed by atoms with E-state index in [1.54, 1.807) is 11.9 Å². The molecule has 158 valence electrons. The number of rotatable bonds is 6. The van der Waals surface area contributed by atoms with Gasteiger partial charge in [-0.15, -0.1) is 0 Å². The van der Waals surface area contributed by atoms with E-state index in [9.17, 15) is 13.6 Å². The van der Waals surface area contributed by atoms with Gasteiger partial charge in [0.25, 0.3) is 5.91 Å². The zero-order valence-corrected chi connectivity index (χ0v) is 17.6. The van der Waals surface area contributed by atoms with E-state index >= 15 is 0 Å². The van der Waals surface area contributed by atoms with Crippen LogP contribution in [-0.2, 0) is 11.3 Å². The van der Waals surface area contributed by atoms with Gasteiger partial charge in [0.1, 0.15) is 17.3 Å². The van der Waals surface area contributed by atoms with Gasteiger partial charge in [0.15, 0.2) is 0 Å². The van der Waals surface area contributed by atoms with Crippen molar-refractivity contribution in [3.8, 4) is 0 Å². The molecule has 2 aromatic rings. The molecular formula is C22H29F2N3O2. The van der Waals surface area contributed by atoms with E-state index in [4.69, 9.17) is 4.74 Å². The van der Waals surface area contributed by atoms with E-state index in [1.165, 1.54) is 12.1 Å². The van der Waals surface area contributed by atoms with E-state index < -0.39 is 11.6 Å². The van der Waals surface area contributed by atoms with Crippen LogP contribution in [0.4, 0.5) is 14.5 Å². The van der Waals surface area contributed by atoms with Crippen molar-refractivity contribution in [3.05, 3.63) is 52.3 Å². The lowest BCUT2D eigenvalue weighted by Gasteiger charge is -2.29. The van der Waals surface area contributed by atoms with Gasteiger partial charge in [-0.1, -0.05) is 13.0 Å². The van der Waals surface area contributed by atoms with E-state index in [-0.39, 0.29) is 12.5 Å². The van der Waals surface area contributed by atoms with Crippen molar-refractivity contribution in [2.75, 3.05) is 44.8 Å². The average molecular weight is 405 g/mol. The molecule has 2 heterocycles. The lowest BCUT2D eigenvalue weighted by molar-refractivity contribution is 0.0784. The minimum Gasteiger partial charge on any atom is -0.378 e. The molecule has 0 spiro atoms. The second-order valence-corrected chi connectivity index (χ2v) is 7.56. The Bertz CT molecular complexity index is 889. The predicted octanol–water partition coefficient (Wildman–Crippen LogP) is 3.75. The number of amides is 1. The first-order chi connectivity index (χ1) is 13.8. The Morgan fingerprint density at radius 2 is 1.90 bits per heavy atom. The largest absolute Gasteiger partial charge is 0.378 e. The first kappa shape index (κ1) is 21.3. The predicted molar refractivity (Wildman–Crippen MR) is 110 cm³/mol. The second kappa shape index (κ2) is 8.95. The summed E-state index contributed by atoms with van der Waals surface area (Å²) in [5.74, 6) is -1.31. The van der Waals surface area contributed by atoms with Crippen LogP contribution in [0.15, 0.2) is 18.2 Å². The summed E-state index contributed by atoms with van der Waals surface area (Å²) < 4.78 is 35.1. The quantitative estimate of drug-likeness (QED) is 0.735. The first-order valence-corrected chi connectivity index (χ1v) is 10.1. The Morgan fingerprint density at radius 1 is 1.21 bits per heavy atom. The van der Waals surface area contributed by atoms with Crippen molar-refractivity contribution in [2.24, 2.45) is 0 Å². The van der Waals surface area contributed by atoms with Gasteiger partial charge in [0.05, 0.1) is 25.4 Å². The summed E-state index contributed by atoms with van der Waals surface area (Å²) in [4.78, 5) is 17.2. The molecular weight excluding hydrogens is 376 g/mol. The number of nitrogens with zero attached hydrogens (tertiary/aromatic N) is 3. The molecule has 1 aliphatic rings. The highest BCUT2D eigenvalue weighted by Crippen LogP contribution is 2.33. The number of carbonyl (C=O) groups excluding carboxylic acids is 1. The van der Waals surface area contributed by atoms with Gasteiger partial charge in [0.2, 0.25) is 0 Å². The summed E-state index contributed by atoms with van der Waals surface area (Å²) >= 11 is 0. The summed E-state index contributed by atoms with van der Waals surface area (Å²) in [6.45, 7) is 9.49. The highest BCUT2D eigenvalue weighted by atomic mass is 19.1. The van der Waals surface area contributed by atoms with Crippen molar-refractivity contribution >= 4 is 11.6 Å². The molecule has 5 nitrogen and oxygen atoms in total.